The molecule has 3 rings (SSSR count). The number of thiophene rings is 1. The van der Waals surface area contributed by atoms with Gasteiger partial charge >= 0.3 is 5.69 Å². The molecule has 2 heterocycles. The van der Waals surface area contributed by atoms with E-state index in [1.165, 1.54) is 32.0 Å². The van der Waals surface area contributed by atoms with Crippen LogP contribution in [-0.4, -0.2) is 32.5 Å². The maximum absolute atomic E-state index is 10.6. The summed E-state index contributed by atoms with van der Waals surface area (Å²) < 4.78 is 2.62. The minimum absolute atomic E-state index is 0.0752. The summed E-state index contributed by atoms with van der Waals surface area (Å²) in [5.41, 5.74) is -0.0752. The minimum atomic E-state index is -0.679. The van der Waals surface area contributed by atoms with Crippen LogP contribution in [0.25, 0.3) is 10.1 Å². The lowest BCUT2D eigenvalue weighted by atomic mass is 10.2. The Bertz CT molecular complexity index is 812. The average Bonchev–Trinajstić information content (AvgIpc) is 3.19. The molecule has 0 aliphatic rings. The van der Waals surface area contributed by atoms with Gasteiger partial charge in [-0.3, -0.25) is 14.8 Å². The Labute approximate surface area is 142 Å². The lowest BCUT2D eigenvalue weighted by molar-refractivity contribution is -0.385. The lowest BCUT2D eigenvalue weighted by Crippen LogP contribution is -2.31. The van der Waals surface area contributed by atoms with E-state index in [0.717, 1.165) is 0 Å². The molecule has 7 nitrogen and oxygen atoms in total. The largest absolute Gasteiger partial charge is 0.390 e. The fourth-order valence-electron chi connectivity index (χ4n) is 2.46. The molecule has 0 spiro atoms. The summed E-state index contributed by atoms with van der Waals surface area (Å²) in [6.45, 7) is 2.64. The number of hydrogen-bond donors (Lipinski definition) is 2. The number of aliphatic hydroxyl groups is 1. The van der Waals surface area contributed by atoms with Crippen LogP contribution < -0.4 is 5.32 Å². The van der Waals surface area contributed by atoms with Gasteiger partial charge in [0.1, 0.15) is 12.4 Å². The predicted molar refractivity (Wildman–Crippen MR) is 93.1 cm³/mol. The zero-order valence-corrected chi connectivity index (χ0v) is 13.9. The van der Waals surface area contributed by atoms with Crippen molar-refractivity contribution >= 4 is 27.1 Å². The summed E-state index contributed by atoms with van der Waals surface area (Å²) in [7, 11) is 0. The Morgan fingerprint density at radius 1 is 1.46 bits per heavy atom. The highest BCUT2D eigenvalue weighted by Crippen LogP contribution is 2.29. The second-order valence-electron chi connectivity index (χ2n) is 5.65. The number of fused-ring (bicyclic) bond motifs is 1. The van der Waals surface area contributed by atoms with E-state index in [-0.39, 0.29) is 18.3 Å². The molecule has 8 heteroatoms. The highest BCUT2D eigenvalue weighted by Gasteiger charge is 2.14. The summed E-state index contributed by atoms with van der Waals surface area (Å²) in [5, 5.41) is 29.1. The van der Waals surface area contributed by atoms with Crippen LogP contribution in [0.3, 0.4) is 0 Å². The van der Waals surface area contributed by atoms with Gasteiger partial charge in [-0.2, -0.15) is 5.10 Å². The predicted octanol–water partition coefficient (Wildman–Crippen LogP) is 2.72. The van der Waals surface area contributed by atoms with Crippen molar-refractivity contribution in [2.75, 3.05) is 6.54 Å². The molecule has 0 saturated heterocycles. The third kappa shape index (κ3) is 3.78. The second kappa shape index (κ2) is 7.08. The van der Waals surface area contributed by atoms with Gasteiger partial charge in [-0.1, -0.05) is 18.2 Å². The zero-order chi connectivity index (χ0) is 17.1. The van der Waals surface area contributed by atoms with Crippen LogP contribution in [0.2, 0.25) is 0 Å². The van der Waals surface area contributed by atoms with Crippen LogP contribution in [-0.2, 0) is 6.54 Å². The van der Waals surface area contributed by atoms with E-state index in [9.17, 15) is 15.2 Å². The SMILES string of the molecule is CC(NCC(O)Cn1cc([N+](=O)[O-])cn1)c1cc2ccccc2s1. The summed E-state index contributed by atoms with van der Waals surface area (Å²) in [6, 6.07) is 10.5. The molecule has 0 aliphatic carbocycles. The van der Waals surface area contributed by atoms with Crippen LogP contribution in [0.1, 0.15) is 17.8 Å². The van der Waals surface area contributed by atoms with Crippen LogP contribution in [0.5, 0.6) is 0 Å². The van der Waals surface area contributed by atoms with E-state index in [0.29, 0.717) is 6.54 Å². The van der Waals surface area contributed by atoms with Crippen LogP contribution >= 0.6 is 11.3 Å². The van der Waals surface area contributed by atoms with Crippen LogP contribution in [0.4, 0.5) is 5.69 Å². The molecule has 0 bridgehead atoms. The molecule has 0 radical (unpaired) electrons. The molecule has 2 N–H and O–H groups in total. The van der Waals surface area contributed by atoms with Crippen LogP contribution in [0, 0.1) is 10.1 Å². The highest BCUT2D eigenvalue weighted by atomic mass is 32.1. The number of nitrogens with one attached hydrogen (secondary N) is 1. The Hall–Kier alpha value is -2.29. The fourth-order valence-corrected chi connectivity index (χ4v) is 3.55. The first kappa shape index (κ1) is 16.6. The Morgan fingerprint density at radius 2 is 2.25 bits per heavy atom. The van der Waals surface area contributed by atoms with Gasteiger partial charge in [0, 0.05) is 22.2 Å². The fraction of sp³-hybridized carbons (Fsp3) is 0.312. The first-order chi connectivity index (χ1) is 11.5. The van der Waals surface area contributed by atoms with E-state index in [1.807, 2.05) is 12.1 Å². The molecule has 1 aromatic carbocycles. The Kier molecular flexibility index (Phi) is 4.89. The van der Waals surface area contributed by atoms with E-state index in [2.05, 4.69) is 35.5 Å². The maximum Gasteiger partial charge on any atom is 0.306 e. The van der Waals surface area contributed by atoms with Crippen molar-refractivity contribution in [3.8, 4) is 0 Å². The van der Waals surface area contributed by atoms with Crippen molar-refractivity contribution in [3.05, 3.63) is 57.7 Å². The van der Waals surface area contributed by atoms with Crippen molar-refractivity contribution in [3.63, 3.8) is 0 Å². The summed E-state index contributed by atoms with van der Waals surface area (Å²) in [4.78, 5) is 11.3. The number of hydrogen-bond acceptors (Lipinski definition) is 6. The van der Waals surface area contributed by atoms with E-state index in [4.69, 9.17) is 0 Å². The molecule has 3 aromatic rings. The summed E-state index contributed by atoms with van der Waals surface area (Å²) in [6.07, 6.45) is 1.82. The summed E-state index contributed by atoms with van der Waals surface area (Å²) >= 11 is 1.73. The molecule has 24 heavy (non-hydrogen) atoms. The number of nitro groups is 1. The normalized spacial score (nSPS) is 13.9. The third-order valence-electron chi connectivity index (χ3n) is 3.76. The molecule has 2 atom stereocenters. The number of benzene rings is 1. The van der Waals surface area contributed by atoms with Crippen molar-refractivity contribution in [2.24, 2.45) is 0 Å². The molecule has 2 unspecified atom stereocenters. The lowest BCUT2D eigenvalue weighted by Gasteiger charge is -2.16. The van der Waals surface area contributed by atoms with Gasteiger partial charge in [-0.05, 0) is 24.4 Å². The Balaban J connectivity index is 1.54. The van der Waals surface area contributed by atoms with Crippen molar-refractivity contribution in [1.29, 1.82) is 0 Å². The average molecular weight is 346 g/mol. The van der Waals surface area contributed by atoms with Crippen molar-refractivity contribution in [2.45, 2.75) is 25.6 Å². The minimum Gasteiger partial charge on any atom is -0.390 e. The maximum atomic E-state index is 10.6. The Morgan fingerprint density at radius 3 is 2.96 bits per heavy atom. The van der Waals surface area contributed by atoms with Gasteiger partial charge in [0.15, 0.2) is 0 Å². The monoisotopic (exact) mass is 346 g/mol. The second-order valence-corrected chi connectivity index (χ2v) is 6.76. The quantitative estimate of drug-likeness (QED) is 0.507. The molecule has 126 valence electrons. The van der Waals surface area contributed by atoms with Crippen molar-refractivity contribution < 1.29 is 10.0 Å². The standard InChI is InChI=1S/C16H18N4O3S/c1-11(16-6-12-4-2-3-5-15(12)24-16)17-8-14(21)10-19-9-13(7-18-19)20(22)23/h2-7,9,11,14,17,21H,8,10H2,1H3. The van der Waals surface area contributed by atoms with Crippen molar-refractivity contribution in [1.82, 2.24) is 15.1 Å². The topological polar surface area (TPSA) is 93.2 Å². The number of aliphatic hydroxyl groups excluding tert-OH is 1. The molecule has 0 saturated carbocycles. The van der Waals surface area contributed by atoms with E-state index >= 15 is 0 Å². The zero-order valence-electron chi connectivity index (χ0n) is 13.1. The highest BCUT2D eigenvalue weighted by molar-refractivity contribution is 7.19. The number of aromatic nitrogens is 2. The van der Waals surface area contributed by atoms with Gasteiger partial charge in [0.25, 0.3) is 0 Å². The molecular weight excluding hydrogens is 328 g/mol. The third-order valence-corrected chi connectivity index (χ3v) is 5.06. The van der Waals surface area contributed by atoms with Gasteiger partial charge in [-0.25, -0.2) is 0 Å². The van der Waals surface area contributed by atoms with Gasteiger partial charge in [0.05, 0.1) is 17.6 Å². The van der Waals surface area contributed by atoms with Gasteiger partial charge in [-0.15, -0.1) is 11.3 Å². The van der Waals surface area contributed by atoms with E-state index in [1.54, 1.807) is 11.3 Å². The van der Waals surface area contributed by atoms with E-state index < -0.39 is 11.0 Å². The number of rotatable bonds is 7. The first-order valence-electron chi connectivity index (χ1n) is 7.59. The molecule has 0 aliphatic heterocycles. The molecule has 0 fully saturated rings. The van der Waals surface area contributed by atoms with Crippen LogP contribution in [0.15, 0.2) is 42.7 Å². The van der Waals surface area contributed by atoms with Gasteiger partial charge in [0.2, 0.25) is 0 Å². The molecular formula is C16H18N4O3S. The first-order valence-corrected chi connectivity index (χ1v) is 8.41. The smallest absolute Gasteiger partial charge is 0.306 e. The number of nitrogens with zero attached hydrogens (tertiary/aromatic N) is 3. The summed E-state index contributed by atoms with van der Waals surface area (Å²) in [5.74, 6) is 0. The molecule has 2 aromatic heterocycles. The van der Waals surface area contributed by atoms with Gasteiger partial charge < -0.3 is 10.4 Å². The molecule has 0 amide bonds.